The number of aromatic nitrogens is 1. The molecule has 0 spiro atoms. The lowest BCUT2D eigenvalue weighted by Crippen LogP contribution is -2.41. The Balaban J connectivity index is 2.05. The second-order valence-corrected chi connectivity index (χ2v) is 8.21. The zero-order valence-electron chi connectivity index (χ0n) is 15.6. The van der Waals surface area contributed by atoms with E-state index in [0.717, 1.165) is 35.2 Å². The number of aromatic amines is 1. The quantitative estimate of drug-likeness (QED) is 0.347. The van der Waals surface area contributed by atoms with Crippen LogP contribution in [0, 0.1) is 3.95 Å². The minimum atomic E-state index is -0.810. The van der Waals surface area contributed by atoms with Gasteiger partial charge in [-0.25, -0.2) is 4.79 Å². The highest BCUT2D eigenvalue weighted by molar-refractivity contribution is 7.73. The third-order valence-corrected chi connectivity index (χ3v) is 5.49. The molecule has 0 aliphatic rings. The lowest BCUT2D eigenvalue weighted by Gasteiger charge is -2.23. The lowest BCUT2D eigenvalue weighted by atomic mass is 10.2. The normalized spacial score (nSPS) is 10.9. The number of nitrogens with one attached hydrogen (secondary N) is 2. The second-order valence-electron chi connectivity index (χ2n) is 6.49. The molecule has 1 aromatic carbocycles. The fourth-order valence-corrected chi connectivity index (χ4v) is 3.99. The van der Waals surface area contributed by atoms with Crippen LogP contribution in [0.25, 0.3) is 10.2 Å². The van der Waals surface area contributed by atoms with Crippen LogP contribution in [0.5, 0.6) is 0 Å². The van der Waals surface area contributed by atoms with Crippen molar-refractivity contribution in [2.24, 2.45) is 0 Å². The van der Waals surface area contributed by atoms with Gasteiger partial charge in [0.25, 0.3) is 0 Å². The topological polar surface area (TPSA) is 85.4 Å². The fourth-order valence-electron chi connectivity index (χ4n) is 2.84. The zero-order chi connectivity index (χ0) is 19.6. The molecular formula is C19H27N3O3S2. The van der Waals surface area contributed by atoms with Gasteiger partial charge in [0.1, 0.15) is 0 Å². The van der Waals surface area contributed by atoms with Gasteiger partial charge in [-0.1, -0.05) is 26.2 Å². The number of fused-ring (bicyclic) bond motifs is 1. The molecule has 0 saturated heterocycles. The highest BCUT2D eigenvalue weighted by atomic mass is 32.1. The summed E-state index contributed by atoms with van der Waals surface area (Å²) < 4.78 is 1.71. The number of H-pyrrole nitrogens is 1. The number of nitrogens with zero attached hydrogens (tertiary/aromatic N) is 1. The summed E-state index contributed by atoms with van der Waals surface area (Å²) in [6.07, 6.45) is 5.69. The van der Waals surface area contributed by atoms with E-state index in [2.05, 4.69) is 17.2 Å². The van der Waals surface area contributed by atoms with Gasteiger partial charge in [0, 0.05) is 25.2 Å². The molecule has 0 aliphatic carbocycles. The third-order valence-electron chi connectivity index (χ3n) is 4.29. The molecular weight excluding hydrogens is 382 g/mol. The van der Waals surface area contributed by atoms with E-state index in [1.165, 1.54) is 17.8 Å². The van der Waals surface area contributed by atoms with Crippen molar-refractivity contribution in [1.29, 1.82) is 0 Å². The first-order chi connectivity index (χ1) is 13.0. The first kappa shape index (κ1) is 21.4. The minimum Gasteiger partial charge on any atom is -0.481 e. The molecule has 27 heavy (non-hydrogen) atoms. The van der Waals surface area contributed by atoms with Gasteiger partial charge in [-0.2, -0.15) is 0 Å². The van der Waals surface area contributed by atoms with Crippen molar-refractivity contribution in [3.8, 4) is 0 Å². The summed E-state index contributed by atoms with van der Waals surface area (Å²) in [6.45, 7) is 3.29. The summed E-state index contributed by atoms with van der Waals surface area (Å²) in [5.74, 6) is -0.810. The molecule has 148 valence electrons. The van der Waals surface area contributed by atoms with E-state index in [-0.39, 0.29) is 12.5 Å². The third kappa shape index (κ3) is 6.95. The molecule has 2 rings (SSSR count). The van der Waals surface area contributed by atoms with Crippen molar-refractivity contribution in [3.63, 3.8) is 0 Å². The maximum Gasteiger partial charge on any atom is 0.321 e. The van der Waals surface area contributed by atoms with E-state index in [1.54, 1.807) is 4.90 Å². The van der Waals surface area contributed by atoms with Gasteiger partial charge in [-0.3, -0.25) is 9.69 Å². The maximum atomic E-state index is 12.7. The number of carboxylic acid groups (broad SMARTS) is 1. The molecule has 0 atom stereocenters. The Morgan fingerprint density at radius 2 is 2.04 bits per heavy atom. The molecule has 8 heteroatoms. The Morgan fingerprint density at radius 1 is 1.22 bits per heavy atom. The molecule has 2 amide bonds. The highest BCUT2D eigenvalue weighted by Gasteiger charge is 2.16. The number of benzene rings is 1. The number of amides is 2. The van der Waals surface area contributed by atoms with Crippen LogP contribution < -0.4 is 10.2 Å². The van der Waals surface area contributed by atoms with Crippen LogP contribution in [-0.4, -0.2) is 35.2 Å². The number of aliphatic carboxylic acids is 1. The molecule has 2 aromatic rings. The average molecular weight is 410 g/mol. The Labute approximate surface area is 168 Å². The van der Waals surface area contributed by atoms with Crippen molar-refractivity contribution in [1.82, 2.24) is 10.3 Å². The van der Waals surface area contributed by atoms with Gasteiger partial charge in [0.05, 0.1) is 10.2 Å². The zero-order valence-corrected chi connectivity index (χ0v) is 17.3. The first-order valence-corrected chi connectivity index (χ1v) is 10.6. The van der Waals surface area contributed by atoms with Crippen LogP contribution in [0.2, 0.25) is 0 Å². The number of unbranched alkanes of at least 4 members (excludes halogenated alkanes) is 4. The van der Waals surface area contributed by atoms with Crippen molar-refractivity contribution in [3.05, 3.63) is 22.2 Å². The van der Waals surface area contributed by atoms with E-state index in [1.807, 2.05) is 18.2 Å². The number of carbonyl (C=O) groups excluding carboxylic acids is 1. The number of rotatable bonds is 11. The maximum absolute atomic E-state index is 12.7. The lowest BCUT2D eigenvalue weighted by molar-refractivity contribution is -0.137. The van der Waals surface area contributed by atoms with E-state index < -0.39 is 5.97 Å². The monoisotopic (exact) mass is 409 g/mol. The van der Waals surface area contributed by atoms with Crippen LogP contribution in [0.4, 0.5) is 10.5 Å². The minimum absolute atomic E-state index is 0.116. The van der Waals surface area contributed by atoms with Gasteiger partial charge in [-0.15, -0.1) is 11.3 Å². The summed E-state index contributed by atoms with van der Waals surface area (Å²) in [4.78, 5) is 28.3. The molecule has 0 aliphatic heterocycles. The Bertz CT molecular complexity index is 816. The van der Waals surface area contributed by atoms with Crippen LogP contribution in [-0.2, 0) is 4.79 Å². The van der Waals surface area contributed by atoms with Crippen molar-refractivity contribution in [2.75, 3.05) is 18.0 Å². The van der Waals surface area contributed by atoms with Gasteiger partial charge in [-0.05, 0) is 49.7 Å². The van der Waals surface area contributed by atoms with E-state index >= 15 is 0 Å². The molecule has 0 bridgehead atoms. The van der Waals surface area contributed by atoms with Gasteiger partial charge < -0.3 is 15.4 Å². The number of urea groups is 1. The second kappa shape index (κ2) is 11.0. The van der Waals surface area contributed by atoms with E-state index in [0.29, 0.717) is 29.9 Å². The molecule has 0 fully saturated rings. The van der Waals surface area contributed by atoms with Gasteiger partial charge >= 0.3 is 12.0 Å². The number of hydrogen-bond acceptors (Lipinski definition) is 4. The van der Waals surface area contributed by atoms with Gasteiger partial charge in [0.2, 0.25) is 0 Å². The van der Waals surface area contributed by atoms with Gasteiger partial charge in [0.15, 0.2) is 3.95 Å². The summed E-state index contributed by atoms with van der Waals surface area (Å²) >= 11 is 6.67. The van der Waals surface area contributed by atoms with Crippen molar-refractivity contribution >= 4 is 51.5 Å². The van der Waals surface area contributed by atoms with Crippen LogP contribution in [0.3, 0.4) is 0 Å². The first-order valence-electron chi connectivity index (χ1n) is 9.41. The predicted molar refractivity (Wildman–Crippen MR) is 113 cm³/mol. The van der Waals surface area contributed by atoms with Crippen LogP contribution in [0.1, 0.15) is 51.9 Å². The molecule has 1 heterocycles. The number of carboxylic acids is 1. The van der Waals surface area contributed by atoms with E-state index in [9.17, 15) is 9.59 Å². The number of hydrogen-bond donors (Lipinski definition) is 3. The Morgan fingerprint density at radius 3 is 2.78 bits per heavy atom. The Hall–Kier alpha value is -1.93. The molecule has 0 unspecified atom stereocenters. The van der Waals surface area contributed by atoms with Crippen LogP contribution >= 0.6 is 23.6 Å². The number of anilines is 1. The molecule has 6 nitrogen and oxygen atoms in total. The summed E-state index contributed by atoms with van der Waals surface area (Å²) in [5.41, 5.74) is 1.76. The molecule has 1 aromatic heterocycles. The van der Waals surface area contributed by atoms with Crippen molar-refractivity contribution < 1.29 is 14.7 Å². The average Bonchev–Trinajstić information content (AvgIpc) is 3.00. The highest BCUT2D eigenvalue weighted by Crippen LogP contribution is 2.26. The number of thiazole rings is 1. The fraction of sp³-hybridized carbons (Fsp3) is 0.526. The van der Waals surface area contributed by atoms with E-state index in [4.69, 9.17) is 17.3 Å². The summed E-state index contributed by atoms with van der Waals surface area (Å²) in [6, 6.07) is 5.64. The molecule has 0 saturated carbocycles. The Kier molecular flexibility index (Phi) is 8.74. The summed E-state index contributed by atoms with van der Waals surface area (Å²) in [7, 11) is 0. The van der Waals surface area contributed by atoms with Crippen molar-refractivity contribution in [2.45, 2.75) is 51.9 Å². The largest absolute Gasteiger partial charge is 0.481 e. The van der Waals surface area contributed by atoms with Crippen LogP contribution in [0.15, 0.2) is 18.2 Å². The number of carbonyl (C=O) groups is 2. The molecule has 0 radical (unpaired) electrons. The summed E-state index contributed by atoms with van der Waals surface area (Å²) in [5, 5.41) is 11.8. The predicted octanol–water partition coefficient (Wildman–Crippen LogP) is 5.31. The SMILES string of the molecule is CCCCCCNC(=O)N(CCCCC(=O)O)c1ccc2[nH]c(=S)sc2c1. The molecule has 3 N–H and O–H groups in total. The standard InChI is InChI=1S/C19H27N3O3S2/c1-2-3-4-6-11-20-18(25)22(12-7-5-8-17(23)24)14-9-10-15-16(13-14)27-19(26)21-15/h9-10,13H,2-8,11-12H2,1H3,(H,20,25)(H,21,26)(H,23,24). The smallest absolute Gasteiger partial charge is 0.321 e.